The zero-order chi connectivity index (χ0) is 26.7. The first-order chi connectivity index (χ1) is 18.4. The van der Waals surface area contributed by atoms with Gasteiger partial charge < -0.3 is 25.6 Å². The number of benzene rings is 1. The summed E-state index contributed by atoms with van der Waals surface area (Å²) in [7, 11) is 2.20. The van der Waals surface area contributed by atoms with Gasteiger partial charge in [-0.05, 0) is 92.1 Å². The molecule has 2 bridgehead atoms. The molecule has 0 amide bonds. The Balaban J connectivity index is 1.18. The monoisotopic (exact) mass is 554 g/mol. The molecule has 204 valence electrons. The molecular formula is C30H38N2O4S2. The third kappa shape index (κ3) is 5.62. The summed E-state index contributed by atoms with van der Waals surface area (Å²) >= 11 is 2.76. The van der Waals surface area contributed by atoms with E-state index in [4.69, 9.17) is 10.5 Å². The molecule has 8 heteroatoms. The van der Waals surface area contributed by atoms with Gasteiger partial charge in [-0.1, -0.05) is 42.8 Å². The lowest BCUT2D eigenvalue weighted by Crippen LogP contribution is -2.54. The number of aryl methyl sites for hydroxylation is 1. The van der Waals surface area contributed by atoms with Crippen LogP contribution < -0.4 is 5.73 Å². The van der Waals surface area contributed by atoms with E-state index in [1.165, 1.54) is 28.2 Å². The molecule has 2 heterocycles. The second-order valence-corrected chi connectivity index (χ2v) is 12.7. The van der Waals surface area contributed by atoms with Gasteiger partial charge in [0.1, 0.15) is 12.3 Å². The first kappa shape index (κ1) is 27.5. The maximum absolute atomic E-state index is 13.6. The Bertz CT molecular complexity index is 1130. The summed E-state index contributed by atoms with van der Waals surface area (Å²) in [6.07, 6.45) is 6.53. The van der Waals surface area contributed by atoms with E-state index in [1.54, 1.807) is 0 Å². The first-order valence-corrected chi connectivity index (χ1v) is 15.4. The molecular weight excluding hydrogens is 516 g/mol. The average Bonchev–Trinajstić information content (AvgIpc) is 3.59. The van der Waals surface area contributed by atoms with Crippen LogP contribution in [0.4, 0.5) is 0 Å². The van der Waals surface area contributed by atoms with Crippen LogP contribution in [0, 0.1) is 11.8 Å². The fourth-order valence-electron chi connectivity index (χ4n) is 6.20. The maximum Gasteiger partial charge on any atom is 0.349 e. The molecule has 3 aromatic rings. The number of nitrogens with two attached hydrogens (primary N) is 1. The second kappa shape index (κ2) is 12.0. The summed E-state index contributed by atoms with van der Waals surface area (Å²) in [5.74, 6) is 0.148. The predicted molar refractivity (Wildman–Crippen MR) is 152 cm³/mol. The number of rotatable bonds is 11. The molecule has 0 spiro atoms. The van der Waals surface area contributed by atoms with Crippen LogP contribution >= 0.6 is 22.7 Å². The van der Waals surface area contributed by atoms with E-state index < -0.39 is 17.8 Å². The topological polar surface area (TPSA) is 96.0 Å². The molecule has 6 nitrogen and oxygen atoms in total. The first-order valence-electron chi connectivity index (χ1n) is 13.6. The van der Waals surface area contributed by atoms with Gasteiger partial charge in [0.25, 0.3) is 0 Å². The highest BCUT2D eigenvalue weighted by Crippen LogP contribution is 2.49. The van der Waals surface area contributed by atoms with E-state index in [-0.39, 0.29) is 6.10 Å². The number of unbranched alkanes of at least 4 members (excludes halogenated alkanes) is 1. The van der Waals surface area contributed by atoms with Crippen LogP contribution in [-0.2, 0) is 21.6 Å². The molecule has 1 aromatic carbocycles. The SMILES string of the molecule is CN(CCCCc1ccc(C(N)O)cc1)C1CCCC2CC1C2OC(=O)C(O)(c1cccs1)c1cccs1. The Morgan fingerprint density at radius 1 is 1.11 bits per heavy atom. The number of hydrogen-bond acceptors (Lipinski definition) is 8. The van der Waals surface area contributed by atoms with Crippen LogP contribution in [0.5, 0.6) is 0 Å². The summed E-state index contributed by atoms with van der Waals surface area (Å²) in [6.45, 7) is 1.00. The summed E-state index contributed by atoms with van der Waals surface area (Å²) in [4.78, 5) is 17.3. The Morgan fingerprint density at radius 2 is 1.79 bits per heavy atom. The minimum absolute atomic E-state index is 0.139. The summed E-state index contributed by atoms with van der Waals surface area (Å²) < 4.78 is 6.21. The molecule has 38 heavy (non-hydrogen) atoms. The highest BCUT2D eigenvalue weighted by atomic mass is 32.1. The number of aliphatic hydroxyl groups is 2. The number of hydrogen-bond donors (Lipinski definition) is 3. The van der Waals surface area contributed by atoms with Gasteiger partial charge in [-0.15, -0.1) is 22.7 Å². The van der Waals surface area contributed by atoms with Crippen molar-refractivity contribution in [3.63, 3.8) is 0 Å². The molecule has 5 atom stereocenters. The lowest BCUT2D eigenvalue weighted by molar-refractivity contribution is -0.186. The lowest BCUT2D eigenvalue weighted by atomic mass is 9.68. The number of ether oxygens (including phenoxy) is 1. The zero-order valence-corrected chi connectivity index (χ0v) is 23.5. The number of nitrogens with zero attached hydrogens (tertiary/aromatic N) is 1. The smallest absolute Gasteiger partial charge is 0.349 e. The van der Waals surface area contributed by atoms with E-state index in [1.807, 2.05) is 59.3 Å². The predicted octanol–water partition coefficient (Wildman–Crippen LogP) is 5.05. The van der Waals surface area contributed by atoms with Gasteiger partial charge in [-0.2, -0.15) is 0 Å². The van der Waals surface area contributed by atoms with Gasteiger partial charge in [0, 0.05) is 12.0 Å². The number of fused-ring (bicyclic) bond motifs is 3. The lowest BCUT2D eigenvalue weighted by Gasteiger charge is -2.48. The molecule has 0 aliphatic heterocycles. The van der Waals surface area contributed by atoms with Gasteiger partial charge in [0.15, 0.2) is 0 Å². The van der Waals surface area contributed by atoms with Crippen LogP contribution in [0.25, 0.3) is 0 Å². The largest absolute Gasteiger partial charge is 0.459 e. The van der Waals surface area contributed by atoms with Crippen LogP contribution in [0.1, 0.15) is 65.6 Å². The van der Waals surface area contributed by atoms with Gasteiger partial charge in [-0.25, -0.2) is 4.79 Å². The highest BCUT2D eigenvalue weighted by molar-refractivity contribution is 7.12. The highest BCUT2D eigenvalue weighted by Gasteiger charge is 2.53. The number of esters is 1. The summed E-state index contributed by atoms with van der Waals surface area (Å²) in [6, 6.07) is 15.6. The van der Waals surface area contributed by atoms with Crippen LogP contribution in [0.2, 0.25) is 0 Å². The number of aliphatic hydroxyl groups excluding tert-OH is 1. The third-order valence-corrected chi connectivity index (χ3v) is 10.4. The average molecular weight is 555 g/mol. The number of carbonyl (C=O) groups excluding carboxylic acids is 1. The van der Waals surface area contributed by atoms with Crippen molar-refractivity contribution in [2.45, 2.75) is 68.9 Å². The Morgan fingerprint density at radius 3 is 2.39 bits per heavy atom. The summed E-state index contributed by atoms with van der Waals surface area (Å²) in [5, 5.41) is 24.9. The van der Waals surface area contributed by atoms with Crippen molar-refractivity contribution < 1.29 is 19.7 Å². The molecule has 3 fully saturated rings. The molecule has 6 rings (SSSR count). The van der Waals surface area contributed by atoms with Gasteiger partial charge in [0.05, 0.1) is 9.75 Å². The fourth-order valence-corrected chi connectivity index (χ4v) is 7.92. The molecule has 0 radical (unpaired) electrons. The molecule has 2 aromatic heterocycles. The standard InChI is InChI=1S/C30H38N2O4S2/c1-32(16-3-2-7-20-12-14-21(15-13-20)28(31)33)24-9-4-8-22-19-23(24)27(22)36-29(34)30(35,25-10-5-17-37-25)26-11-6-18-38-26/h5-6,10-15,17-18,22-24,27-28,33,35H,2-4,7-9,16,19,31H2,1H3. The summed E-state index contributed by atoms with van der Waals surface area (Å²) in [5.41, 5.74) is 5.77. The Hall–Kier alpha value is -2.07. The minimum Gasteiger partial charge on any atom is -0.459 e. The van der Waals surface area contributed by atoms with E-state index in [0.717, 1.165) is 57.1 Å². The van der Waals surface area contributed by atoms with E-state index in [0.29, 0.717) is 27.6 Å². The van der Waals surface area contributed by atoms with Gasteiger partial charge >= 0.3 is 5.97 Å². The quantitative estimate of drug-likeness (QED) is 0.174. The molecule has 0 saturated heterocycles. The third-order valence-electron chi connectivity index (χ3n) is 8.44. The minimum atomic E-state index is -1.75. The normalized spacial score (nSPS) is 24.0. The Labute approximate surface area is 233 Å². The van der Waals surface area contributed by atoms with Crippen LogP contribution in [0.15, 0.2) is 59.3 Å². The van der Waals surface area contributed by atoms with Crippen molar-refractivity contribution in [3.8, 4) is 0 Å². The van der Waals surface area contributed by atoms with Crippen molar-refractivity contribution in [1.82, 2.24) is 4.90 Å². The number of thiophene rings is 2. The van der Waals surface area contributed by atoms with Crippen LogP contribution in [-0.4, -0.2) is 46.8 Å². The van der Waals surface area contributed by atoms with E-state index >= 15 is 0 Å². The maximum atomic E-state index is 13.6. The zero-order valence-electron chi connectivity index (χ0n) is 21.9. The molecule has 3 aliphatic rings. The molecule has 3 saturated carbocycles. The van der Waals surface area contributed by atoms with Gasteiger partial charge in [0.2, 0.25) is 5.60 Å². The van der Waals surface area contributed by atoms with Crippen molar-refractivity contribution in [2.75, 3.05) is 13.6 Å². The van der Waals surface area contributed by atoms with Crippen molar-refractivity contribution in [1.29, 1.82) is 0 Å². The van der Waals surface area contributed by atoms with Gasteiger partial charge in [-0.3, -0.25) is 0 Å². The van der Waals surface area contributed by atoms with E-state index in [9.17, 15) is 15.0 Å². The second-order valence-electron chi connectivity index (χ2n) is 10.8. The van der Waals surface area contributed by atoms with Crippen LogP contribution in [0.3, 0.4) is 0 Å². The number of carbonyl (C=O) groups is 1. The fraction of sp³-hybridized carbons (Fsp3) is 0.500. The molecule has 5 unspecified atom stereocenters. The van der Waals surface area contributed by atoms with Crippen molar-refractivity contribution >= 4 is 28.6 Å². The van der Waals surface area contributed by atoms with E-state index in [2.05, 4.69) is 11.9 Å². The van der Waals surface area contributed by atoms with Crippen molar-refractivity contribution in [3.05, 3.63) is 80.2 Å². The Kier molecular flexibility index (Phi) is 8.67. The molecule has 4 N–H and O–H groups in total. The van der Waals surface area contributed by atoms with Crippen molar-refractivity contribution in [2.24, 2.45) is 17.6 Å². The molecule has 3 aliphatic carbocycles.